The van der Waals surface area contributed by atoms with Gasteiger partial charge in [0.05, 0.1) is 18.4 Å². The van der Waals surface area contributed by atoms with Crippen molar-refractivity contribution in [2.75, 3.05) is 11.1 Å². The van der Waals surface area contributed by atoms with Crippen molar-refractivity contribution >= 4 is 23.3 Å². The molecule has 0 fully saturated rings. The highest BCUT2D eigenvalue weighted by Gasteiger charge is 2.13. The first-order valence-electron chi connectivity index (χ1n) is 8.72. The van der Waals surface area contributed by atoms with Gasteiger partial charge in [-0.2, -0.15) is 5.10 Å². The molecule has 0 spiro atoms. The highest BCUT2D eigenvalue weighted by molar-refractivity contribution is 6.05. The molecule has 0 radical (unpaired) electrons. The molecule has 0 aliphatic rings. The average Bonchev–Trinajstić information content (AvgIpc) is 3.08. The topological polar surface area (TPSA) is 128 Å². The number of rotatable bonds is 6. The summed E-state index contributed by atoms with van der Waals surface area (Å²) in [7, 11) is 0. The minimum absolute atomic E-state index is 0.0547. The predicted octanol–water partition coefficient (Wildman–Crippen LogP) is 1.69. The minimum Gasteiger partial charge on any atom is -0.382 e. The molecule has 0 aliphatic carbocycles. The van der Waals surface area contributed by atoms with E-state index in [4.69, 9.17) is 5.73 Å². The standard InChI is InChI=1S/C19H21N7O2/c1-12(2)24-18(27)14-5-3-4-13(8-14)10-26-11-15(9-23-26)25-19(28)16-17(20)22-7-6-21-16/h3-9,11-12H,10H2,1-2H3,(H2,20,22)(H,24,27)(H,25,28). The Morgan fingerprint density at radius 3 is 2.71 bits per heavy atom. The average molecular weight is 379 g/mol. The largest absolute Gasteiger partial charge is 0.382 e. The smallest absolute Gasteiger partial charge is 0.278 e. The number of amides is 2. The van der Waals surface area contributed by atoms with Crippen LogP contribution in [0, 0.1) is 0 Å². The molecule has 0 bridgehead atoms. The van der Waals surface area contributed by atoms with Gasteiger partial charge in [0.15, 0.2) is 11.5 Å². The zero-order valence-electron chi connectivity index (χ0n) is 15.6. The van der Waals surface area contributed by atoms with Gasteiger partial charge >= 0.3 is 0 Å². The second kappa shape index (κ2) is 8.30. The number of hydrogen-bond acceptors (Lipinski definition) is 6. The number of hydrogen-bond donors (Lipinski definition) is 3. The first-order chi connectivity index (χ1) is 13.4. The molecule has 9 heteroatoms. The molecule has 0 saturated heterocycles. The van der Waals surface area contributed by atoms with Crippen LogP contribution >= 0.6 is 0 Å². The van der Waals surface area contributed by atoms with Crippen LogP contribution in [0.15, 0.2) is 49.1 Å². The van der Waals surface area contributed by atoms with Crippen molar-refractivity contribution in [3.8, 4) is 0 Å². The van der Waals surface area contributed by atoms with Crippen molar-refractivity contribution in [2.24, 2.45) is 0 Å². The van der Waals surface area contributed by atoms with E-state index in [0.717, 1.165) is 5.56 Å². The zero-order chi connectivity index (χ0) is 20.1. The van der Waals surface area contributed by atoms with Gasteiger partial charge in [-0.25, -0.2) is 9.97 Å². The lowest BCUT2D eigenvalue weighted by Crippen LogP contribution is -2.30. The molecule has 0 unspecified atom stereocenters. The Hall–Kier alpha value is -3.75. The fraction of sp³-hybridized carbons (Fsp3) is 0.211. The molecule has 0 aliphatic heterocycles. The molecule has 4 N–H and O–H groups in total. The van der Waals surface area contributed by atoms with Crippen molar-refractivity contribution in [1.29, 1.82) is 0 Å². The van der Waals surface area contributed by atoms with Crippen molar-refractivity contribution in [3.63, 3.8) is 0 Å². The second-order valence-corrected chi connectivity index (χ2v) is 6.50. The maximum Gasteiger partial charge on any atom is 0.278 e. The molecule has 144 valence electrons. The van der Waals surface area contributed by atoms with Crippen LogP contribution in [0.1, 0.15) is 40.3 Å². The summed E-state index contributed by atoms with van der Waals surface area (Å²) in [6, 6.07) is 7.39. The van der Waals surface area contributed by atoms with Gasteiger partial charge in [-0.3, -0.25) is 14.3 Å². The summed E-state index contributed by atoms with van der Waals surface area (Å²) in [5.41, 5.74) is 7.72. The molecule has 2 aromatic heterocycles. The Morgan fingerprint density at radius 1 is 1.18 bits per heavy atom. The first-order valence-corrected chi connectivity index (χ1v) is 8.72. The summed E-state index contributed by atoms with van der Waals surface area (Å²) in [5.74, 6) is -0.520. The van der Waals surface area contributed by atoms with E-state index < -0.39 is 5.91 Å². The van der Waals surface area contributed by atoms with E-state index in [9.17, 15) is 9.59 Å². The van der Waals surface area contributed by atoms with E-state index in [-0.39, 0.29) is 23.5 Å². The number of nitrogens with two attached hydrogens (primary N) is 1. The Morgan fingerprint density at radius 2 is 1.96 bits per heavy atom. The molecule has 0 saturated carbocycles. The number of aromatic nitrogens is 4. The van der Waals surface area contributed by atoms with Crippen LogP contribution in [0.4, 0.5) is 11.5 Å². The number of carbonyl (C=O) groups excluding carboxylic acids is 2. The van der Waals surface area contributed by atoms with Gasteiger partial charge in [0.1, 0.15) is 0 Å². The molecule has 9 nitrogen and oxygen atoms in total. The summed E-state index contributed by atoms with van der Waals surface area (Å²) >= 11 is 0. The van der Waals surface area contributed by atoms with Crippen molar-refractivity contribution < 1.29 is 9.59 Å². The van der Waals surface area contributed by atoms with E-state index >= 15 is 0 Å². The van der Waals surface area contributed by atoms with E-state index in [1.165, 1.54) is 18.6 Å². The lowest BCUT2D eigenvalue weighted by atomic mass is 10.1. The van der Waals surface area contributed by atoms with E-state index in [1.54, 1.807) is 16.9 Å². The normalized spacial score (nSPS) is 10.7. The van der Waals surface area contributed by atoms with Crippen LogP contribution in [0.2, 0.25) is 0 Å². The van der Waals surface area contributed by atoms with E-state index in [1.807, 2.05) is 32.0 Å². The lowest BCUT2D eigenvalue weighted by molar-refractivity contribution is 0.0942. The van der Waals surface area contributed by atoms with Crippen molar-refractivity contribution in [3.05, 3.63) is 65.9 Å². The summed E-state index contributed by atoms with van der Waals surface area (Å²) in [6.07, 6.45) is 6.03. The fourth-order valence-electron chi connectivity index (χ4n) is 2.57. The number of benzene rings is 1. The van der Waals surface area contributed by atoms with E-state index in [0.29, 0.717) is 17.8 Å². The van der Waals surface area contributed by atoms with Crippen LogP contribution < -0.4 is 16.4 Å². The summed E-state index contributed by atoms with van der Waals surface area (Å²) < 4.78 is 1.66. The molecule has 3 aromatic rings. The van der Waals surface area contributed by atoms with Gasteiger partial charge < -0.3 is 16.4 Å². The fourth-order valence-corrected chi connectivity index (χ4v) is 2.57. The molecular formula is C19H21N7O2. The maximum absolute atomic E-state index is 12.2. The van der Waals surface area contributed by atoms with Crippen LogP contribution in [0.3, 0.4) is 0 Å². The minimum atomic E-state index is -0.461. The molecule has 2 amide bonds. The number of nitrogens with zero attached hydrogens (tertiary/aromatic N) is 4. The maximum atomic E-state index is 12.2. The summed E-state index contributed by atoms with van der Waals surface area (Å²) in [5, 5.41) is 9.79. The Balaban J connectivity index is 1.67. The lowest BCUT2D eigenvalue weighted by Gasteiger charge is -2.09. The number of nitrogen functional groups attached to an aromatic ring is 1. The number of carbonyl (C=O) groups is 2. The molecule has 2 heterocycles. The third kappa shape index (κ3) is 4.70. The van der Waals surface area contributed by atoms with Gasteiger partial charge in [-0.1, -0.05) is 12.1 Å². The van der Waals surface area contributed by atoms with Crippen LogP contribution in [0.25, 0.3) is 0 Å². The third-order valence-corrected chi connectivity index (χ3v) is 3.79. The molecule has 28 heavy (non-hydrogen) atoms. The van der Waals surface area contributed by atoms with Gasteiger partial charge in [-0.05, 0) is 31.5 Å². The molecule has 0 atom stereocenters. The predicted molar refractivity (Wildman–Crippen MR) is 105 cm³/mol. The summed E-state index contributed by atoms with van der Waals surface area (Å²) in [4.78, 5) is 32.2. The molecule has 1 aromatic carbocycles. The SMILES string of the molecule is CC(C)NC(=O)c1cccc(Cn2cc(NC(=O)c3nccnc3N)cn2)c1. The van der Waals surface area contributed by atoms with Crippen LogP contribution in [-0.4, -0.2) is 37.6 Å². The van der Waals surface area contributed by atoms with Crippen molar-refractivity contribution in [1.82, 2.24) is 25.1 Å². The monoisotopic (exact) mass is 379 g/mol. The van der Waals surface area contributed by atoms with Crippen molar-refractivity contribution in [2.45, 2.75) is 26.4 Å². The molecular weight excluding hydrogens is 358 g/mol. The van der Waals surface area contributed by atoms with E-state index in [2.05, 4.69) is 25.7 Å². The number of anilines is 2. The Labute approximate surface area is 162 Å². The Bertz CT molecular complexity index is 997. The van der Waals surface area contributed by atoms with Crippen LogP contribution in [-0.2, 0) is 6.54 Å². The Kier molecular flexibility index (Phi) is 5.64. The highest BCUT2D eigenvalue weighted by Crippen LogP contribution is 2.12. The second-order valence-electron chi connectivity index (χ2n) is 6.50. The van der Waals surface area contributed by atoms with Crippen LogP contribution in [0.5, 0.6) is 0 Å². The van der Waals surface area contributed by atoms with Gasteiger partial charge in [-0.15, -0.1) is 0 Å². The van der Waals surface area contributed by atoms with Gasteiger partial charge in [0, 0.05) is 30.2 Å². The zero-order valence-corrected chi connectivity index (χ0v) is 15.6. The quantitative estimate of drug-likeness (QED) is 0.598. The molecule has 3 rings (SSSR count). The van der Waals surface area contributed by atoms with Gasteiger partial charge in [0.25, 0.3) is 11.8 Å². The number of nitrogens with one attached hydrogen (secondary N) is 2. The van der Waals surface area contributed by atoms with Gasteiger partial charge in [0.2, 0.25) is 0 Å². The summed E-state index contributed by atoms with van der Waals surface area (Å²) in [6.45, 7) is 4.28. The highest BCUT2D eigenvalue weighted by atomic mass is 16.2. The first kappa shape index (κ1) is 19.0. The third-order valence-electron chi connectivity index (χ3n) is 3.79.